The van der Waals surface area contributed by atoms with E-state index in [4.69, 9.17) is 5.73 Å². The van der Waals surface area contributed by atoms with Crippen molar-refractivity contribution in [2.45, 2.75) is 44.2 Å². The Kier molecular flexibility index (Phi) is 5.98. The second-order valence-corrected chi connectivity index (χ2v) is 7.00. The zero-order valence-electron chi connectivity index (χ0n) is 13.2. The molecule has 1 aromatic rings. The monoisotopic (exact) mass is 360 g/mol. The van der Waals surface area contributed by atoms with E-state index in [1.807, 2.05) is 18.7 Å². The number of rotatable bonds is 2. The van der Waals surface area contributed by atoms with Crippen LogP contribution in [0.4, 0.5) is 0 Å². The smallest absolute Gasteiger partial charge is 0.227 e. The lowest BCUT2D eigenvalue weighted by molar-refractivity contribution is -0.139. The summed E-state index contributed by atoms with van der Waals surface area (Å²) in [4.78, 5) is 19.0. The summed E-state index contributed by atoms with van der Waals surface area (Å²) in [6.45, 7) is 1.73. The standard InChI is InChI=1S/C16H24N4O.2ClH/c17-15-12-2-1-11(9-12)14(15)16(21)19-6-3-13(4-7-19)20-8-5-18-10-20;;/h5,8,10-15H,1-4,6-7,9,17H2;2*1H. The minimum absolute atomic E-state index is 0. The number of fused-ring (bicyclic) bond motifs is 2. The molecule has 4 rings (SSSR count). The molecule has 4 atom stereocenters. The number of amides is 1. The SMILES string of the molecule is Cl.Cl.NC1C2CCC(C2)C1C(=O)N1CCC(n2ccnc2)CC1. The quantitative estimate of drug-likeness (QED) is 0.879. The van der Waals surface area contributed by atoms with Crippen molar-refractivity contribution >= 4 is 30.7 Å². The van der Waals surface area contributed by atoms with Gasteiger partial charge >= 0.3 is 0 Å². The summed E-state index contributed by atoms with van der Waals surface area (Å²) in [7, 11) is 0. The van der Waals surface area contributed by atoms with Crippen molar-refractivity contribution in [3.63, 3.8) is 0 Å². The molecule has 2 aliphatic carbocycles. The predicted molar refractivity (Wildman–Crippen MR) is 93.9 cm³/mol. The number of piperidine rings is 1. The van der Waals surface area contributed by atoms with E-state index in [9.17, 15) is 4.79 Å². The van der Waals surface area contributed by atoms with Crippen LogP contribution in [-0.4, -0.2) is 39.5 Å². The lowest BCUT2D eigenvalue weighted by Gasteiger charge is -2.37. The molecule has 1 aliphatic heterocycles. The first-order valence-corrected chi connectivity index (χ1v) is 8.26. The molecule has 0 spiro atoms. The van der Waals surface area contributed by atoms with Crippen molar-refractivity contribution in [2.24, 2.45) is 23.5 Å². The molecular weight excluding hydrogens is 335 g/mol. The van der Waals surface area contributed by atoms with Gasteiger partial charge < -0.3 is 15.2 Å². The zero-order valence-corrected chi connectivity index (χ0v) is 14.8. The summed E-state index contributed by atoms with van der Waals surface area (Å²) in [5.41, 5.74) is 6.32. The van der Waals surface area contributed by atoms with Crippen molar-refractivity contribution in [3.05, 3.63) is 18.7 Å². The van der Waals surface area contributed by atoms with Crippen LogP contribution in [0.5, 0.6) is 0 Å². The molecule has 3 fully saturated rings. The number of carbonyl (C=O) groups is 1. The molecule has 2 heterocycles. The van der Waals surface area contributed by atoms with Gasteiger partial charge in [-0.25, -0.2) is 4.98 Å². The summed E-state index contributed by atoms with van der Waals surface area (Å²) in [5, 5.41) is 0. The number of aromatic nitrogens is 2. The van der Waals surface area contributed by atoms with Crippen molar-refractivity contribution in [2.75, 3.05) is 13.1 Å². The maximum atomic E-state index is 12.8. The van der Waals surface area contributed by atoms with Crippen molar-refractivity contribution in [1.82, 2.24) is 14.5 Å². The van der Waals surface area contributed by atoms with E-state index in [0.29, 0.717) is 23.8 Å². The fraction of sp³-hybridized carbons (Fsp3) is 0.750. The second kappa shape index (κ2) is 7.41. The Hall–Kier alpha value is -0.780. The average molecular weight is 361 g/mol. The first-order chi connectivity index (χ1) is 10.2. The first-order valence-electron chi connectivity index (χ1n) is 8.26. The van der Waals surface area contributed by atoms with Crippen molar-refractivity contribution in [3.8, 4) is 0 Å². The van der Waals surface area contributed by atoms with Gasteiger partial charge in [-0.3, -0.25) is 4.79 Å². The molecule has 0 aromatic carbocycles. The molecule has 23 heavy (non-hydrogen) atoms. The third-order valence-corrected chi connectivity index (χ3v) is 5.99. The molecule has 3 aliphatic rings. The van der Waals surface area contributed by atoms with Crippen LogP contribution in [0.3, 0.4) is 0 Å². The van der Waals surface area contributed by atoms with Crippen LogP contribution in [0.2, 0.25) is 0 Å². The summed E-state index contributed by atoms with van der Waals surface area (Å²) in [6, 6.07) is 0.605. The van der Waals surface area contributed by atoms with Gasteiger partial charge in [0.25, 0.3) is 0 Å². The molecule has 7 heteroatoms. The highest BCUT2D eigenvalue weighted by Crippen LogP contribution is 2.48. The molecule has 5 nitrogen and oxygen atoms in total. The molecule has 2 bridgehead atoms. The molecule has 1 aromatic heterocycles. The number of imidazole rings is 1. The number of nitrogens with zero attached hydrogens (tertiary/aromatic N) is 3. The fourth-order valence-electron chi connectivity index (χ4n) is 4.78. The summed E-state index contributed by atoms with van der Waals surface area (Å²) in [5.74, 6) is 1.60. The maximum Gasteiger partial charge on any atom is 0.227 e. The maximum absolute atomic E-state index is 12.8. The summed E-state index contributed by atoms with van der Waals surface area (Å²) < 4.78 is 2.17. The molecular formula is C16H26Cl2N4O. The zero-order chi connectivity index (χ0) is 14.4. The summed E-state index contributed by atoms with van der Waals surface area (Å²) >= 11 is 0. The van der Waals surface area contributed by atoms with Crippen LogP contribution in [0.15, 0.2) is 18.7 Å². The highest BCUT2D eigenvalue weighted by atomic mass is 35.5. The van der Waals surface area contributed by atoms with Gasteiger partial charge in [0.05, 0.1) is 12.2 Å². The number of hydrogen-bond acceptors (Lipinski definition) is 3. The highest BCUT2D eigenvalue weighted by molar-refractivity contribution is 5.85. The third kappa shape index (κ3) is 3.24. The number of likely N-dealkylation sites (tertiary alicyclic amines) is 1. The number of halogens is 2. The number of nitrogens with two attached hydrogens (primary N) is 1. The van der Waals surface area contributed by atoms with Crippen LogP contribution in [0.25, 0.3) is 0 Å². The molecule has 1 saturated heterocycles. The molecule has 1 amide bonds. The van der Waals surface area contributed by atoms with Gasteiger partial charge in [0.15, 0.2) is 0 Å². The number of hydrogen-bond donors (Lipinski definition) is 1. The Balaban J connectivity index is 0.000000960. The highest BCUT2D eigenvalue weighted by Gasteiger charge is 2.50. The Labute approximate surface area is 149 Å². The second-order valence-electron chi connectivity index (χ2n) is 7.00. The summed E-state index contributed by atoms with van der Waals surface area (Å²) in [6.07, 6.45) is 11.4. The van der Waals surface area contributed by atoms with Crippen LogP contribution in [-0.2, 0) is 4.79 Å². The van der Waals surface area contributed by atoms with Gasteiger partial charge in [-0.1, -0.05) is 0 Å². The topological polar surface area (TPSA) is 64.2 Å². The number of carbonyl (C=O) groups excluding carboxylic acids is 1. The third-order valence-electron chi connectivity index (χ3n) is 5.99. The van der Waals surface area contributed by atoms with Gasteiger partial charge in [-0.2, -0.15) is 0 Å². The van der Waals surface area contributed by atoms with E-state index in [1.54, 1.807) is 0 Å². The van der Waals surface area contributed by atoms with Gasteiger partial charge in [0, 0.05) is 37.6 Å². The Morgan fingerprint density at radius 1 is 1.09 bits per heavy atom. The molecule has 2 N–H and O–H groups in total. The van der Waals surface area contributed by atoms with Crippen molar-refractivity contribution in [1.29, 1.82) is 0 Å². The fourth-order valence-corrected chi connectivity index (χ4v) is 4.78. The van der Waals surface area contributed by atoms with E-state index < -0.39 is 0 Å². The van der Waals surface area contributed by atoms with E-state index >= 15 is 0 Å². The first kappa shape index (κ1) is 18.6. The van der Waals surface area contributed by atoms with E-state index in [0.717, 1.165) is 25.9 Å². The van der Waals surface area contributed by atoms with E-state index in [-0.39, 0.29) is 36.8 Å². The van der Waals surface area contributed by atoms with Gasteiger partial charge in [-0.05, 0) is 43.9 Å². The molecule has 0 radical (unpaired) electrons. The predicted octanol–water partition coefficient (Wildman–Crippen LogP) is 2.26. The minimum Gasteiger partial charge on any atom is -0.342 e. The molecule has 2 saturated carbocycles. The van der Waals surface area contributed by atoms with Crippen LogP contribution >= 0.6 is 24.8 Å². The van der Waals surface area contributed by atoms with E-state index in [2.05, 4.69) is 14.5 Å². The lowest BCUT2D eigenvalue weighted by Crippen LogP contribution is -2.49. The van der Waals surface area contributed by atoms with Gasteiger partial charge in [-0.15, -0.1) is 24.8 Å². The van der Waals surface area contributed by atoms with Crippen LogP contribution < -0.4 is 5.73 Å². The Morgan fingerprint density at radius 2 is 1.78 bits per heavy atom. The minimum atomic E-state index is 0. The van der Waals surface area contributed by atoms with Crippen LogP contribution in [0.1, 0.15) is 38.1 Å². The van der Waals surface area contributed by atoms with Gasteiger partial charge in [0.1, 0.15) is 0 Å². The van der Waals surface area contributed by atoms with Gasteiger partial charge in [0.2, 0.25) is 5.91 Å². The van der Waals surface area contributed by atoms with Crippen molar-refractivity contribution < 1.29 is 4.79 Å². The lowest BCUT2D eigenvalue weighted by atomic mass is 9.83. The normalized spacial score (nSPS) is 33.2. The Bertz CT molecular complexity index is 514. The van der Waals surface area contributed by atoms with E-state index in [1.165, 1.54) is 19.3 Å². The average Bonchev–Trinajstić information content (AvgIpc) is 3.24. The molecule has 130 valence electrons. The van der Waals surface area contributed by atoms with Crippen LogP contribution in [0, 0.1) is 17.8 Å². The Morgan fingerprint density at radius 3 is 2.35 bits per heavy atom. The molecule has 4 unspecified atom stereocenters. The largest absolute Gasteiger partial charge is 0.342 e.